The van der Waals surface area contributed by atoms with Gasteiger partial charge in [0.05, 0.1) is 0 Å². The number of anilines is 1. The molecule has 0 saturated carbocycles. The molecule has 0 fully saturated rings. The van der Waals surface area contributed by atoms with Crippen LogP contribution in [-0.4, -0.2) is 25.0 Å². The first-order chi connectivity index (χ1) is 12.7. The predicted molar refractivity (Wildman–Crippen MR) is 97.1 cm³/mol. The van der Waals surface area contributed by atoms with Crippen LogP contribution in [0.3, 0.4) is 0 Å². The molecule has 0 bridgehead atoms. The molecule has 0 spiro atoms. The van der Waals surface area contributed by atoms with Gasteiger partial charge >= 0.3 is 11.7 Å². The van der Waals surface area contributed by atoms with Gasteiger partial charge in [0.25, 0.3) is 0 Å². The third kappa shape index (κ3) is 4.24. The van der Waals surface area contributed by atoms with E-state index in [9.17, 15) is 4.79 Å². The van der Waals surface area contributed by atoms with Crippen molar-refractivity contribution in [1.29, 1.82) is 0 Å². The zero-order chi connectivity index (χ0) is 17.9. The summed E-state index contributed by atoms with van der Waals surface area (Å²) >= 11 is 0. The van der Waals surface area contributed by atoms with Crippen molar-refractivity contribution in [1.82, 2.24) is 25.0 Å². The maximum absolute atomic E-state index is 12.5. The molecule has 2 aromatic carbocycles. The average Bonchev–Trinajstić information content (AvgIpc) is 3.09. The van der Waals surface area contributed by atoms with E-state index in [0.717, 1.165) is 11.1 Å². The van der Waals surface area contributed by atoms with Crippen molar-refractivity contribution >= 4 is 6.01 Å². The molecule has 0 amide bonds. The Hall–Kier alpha value is -2.55. The Morgan fingerprint density at radius 2 is 1.52 bits per heavy atom. The van der Waals surface area contributed by atoms with Crippen molar-refractivity contribution < 1.29 is 43.6 Å². The van der Waals surface area contributed by atoms with Gasteiger partial charge in [-0.3, -0.25) is 0 Å². The summed E-state index contributed by atoms with van der Waals surface area (Å²) in [7, 11) is 0. The second-order valence-corrected chi connectivity index (χ2v) is 5.52. The van der Waals surface area contributed by atoms with E-state index in [2.05, 4.69) is 20.3 Å². The number of nitrogens with two attached hydrogens (primary N) is 1. The summed E-state index contributed by atoms with van der Waals surface area (Å²) in [6.07, 6.45) is 0. The first kappa shape index (κ1) is 19.2. The summed E-state index contributed by atoms with van der Waals surface area (Å²) in [5.41, 5.74) is 7.67. The van der Waals surface area contributed by atoms with Crippen LogP contribution in [0.25, 0.3) is 22.5 Å². The number of benzene rings is 2. The Labute approximate surface area is 185 Å². The second kappa shape index (κ2) is 8.43. The quantitative estimate of drug-likeness (QED) is 0.570. The zero-order valence-corrected chi connectivity index (χ0v) is 14.7. The van der Waals surface area contributed by atoms with Crippen molar-refractivity contribution in [3.63, 3.8) is 0 Å². The first-order valence-electron chi connectivity index (χ1n) is 7.88. The van der Waals surface area contributed by atoms with Crippen LogP contribution >= 0.6 is 0 Å². The topological polar surface area (TPSA) is 113 Å². The number of nitrogens with zero attached hydrogens (tertiary/aromatic N) is 5. The van der Waals surface area contributed by atoms with Gasteiger partial charge in [-0.2, -0.15) is 10.1 Å². The molecule has 2 aromatic heterocycles. The van der Waals surface area contributed by atoms with Gasteiger partial charge in [0.2, 0.25) is 5.89 Å². The molecule has 8 nitrogen and oxygen atoms in total. The fraction of sp³-hybridized carbons (Fsp3) is 0.0556. The van der Waals surface area contributed by atoms with Crippen LogP contribution in [0, 0.1) is 37.7 Å². The molecule has 138 valence electrons. The van der Waals surface area contributed by atoms with E-state index in [1.807, 2.05) is 60.7 Å². The van der Waals surface area contributed by atoms with Crippen molar-refractivity contribution in [2.24, 2.45) is 0 Å². The van der Waals surface area contributed by atoms with Gasteiger partial charge in [-0.15, -0.1) is 5.10 Å². The third-order valence-electron chi connectivity index (χ3n) is 3.74. The van der Waals surface area contributed by atoms with Gasteiger partial charge in [-0.25, -0.2) is 9.48 Å². The van der Waals surface area contributed by atoms with Crippen LogP contribution in [0.15, 0.2) is 69.9 Å². The molecule has 0 atom stereocenters. The maximum atomic E-state index is 12.5. The van der Waals surface area contributed by atoms with Gasteiger partial charge in [0.1, 0.15) is 17.9 Å². The smallest absolute Gasteiger partial charge is 0.365 e. The molecule has 9 heteroatoms. The minimum Gasteiger partial charge on any atom is -0.406 e. The van der Waals surface area contributed by atoms with Crippen LogP contribution in [0.2, 0.25) is 0 Å². The summed E-state index contributed by atoms with van der Waals surface area (Å²) in [6.45, 7) is -0.00899. The summed E-state index contributed by atoms with van der Waals surface area (Å²) in [5, 5.41) is 11.8. The fourth-order valence-corrected chi connectivity index (χ4v) is 2.57. The second-order valence-electron chi connectivity index (χ2n) is 5.52. The monoisotopic (exact) mass is 388 g/mol. The molecule has 4 aromatic rings. The number of hydrogen-bond donors (Lipinski definition) is 1. The summed E-state index contributed by atoms with van der Waals surface area (Å²) < 4.78 is 6.31. The van der Waals surface area contributed by atoms with E-state index in [-0.39, 0.29) is 57.6 Å². The van der Waals surface area contributed by atoms with Crippen molar-refractivity contribution in [2.75, 3.05) is 5.73 Å². The largest absolute Gasteiger partial charge is 0.406 e. The Bertz CT molecular complexity index is 1100. The molecule has 0 unspecified atom stereocenters. The van der Waals surface area contributed by atoms with Gasteiger partial charge < -0.3 is 10.2 Å². The van der Waals surface area contributed by atoms with Crippen LogP contribution in [0.1, 0.15) is 7.32 Å². The Morgan fingerprint density at radius 3 is 2.07 bits per heavy atom. The van der Waals surface area contributed by atoms with Gasteiger partial charge in [-0.05, 0) is 0 Å². The van der Waals surface area contributed by atoms with E-state index >= 15 is 0 Å². The minimum atomic E-state index is -0.514. The molecule has 2 heterocycles. The SMILES string of the molecule is Nc1nnc(Cn2nc(-c3ccccc3)c(-c3ccccc3)nc2=O)o1.[Ar].[HH]. The van der Waals surface area contributed by atoms with E-state index in [0.29, 0.717) is 11.4 Å². The third-order valence-corrected chi connectivity index (χ3v) is 3.74. The van der Waals surface area contributed by atoms with Crippen LogP contribution in [-0.2, 0) is 6.54 Å². The Kier molecular flexibility index (Phi) is 6.00. The Morgan fingerprint density at radius 1 is 0.926 bits per heavy atom. The van der Waals surface area contributed by atoms with Gasteiger partial charge in [-0.1, -0.05) is 65.8 Å². The van der Waals surface area contributed by atoms with Crippen LogP contribution < -0.4 is 11.4 Å². The molecule has 2 N–H and O–H groups in total. The molecular weight excluding hydrogens is 372 g/mol. The van der Waals surface area contributed by atoms with E-state index < -0.39 is 5.69 Å². The zero-order valence-electron chi connectivity index (χ0n) is 14.0. The molecule has 0 aliphatic rings. The molecule has 27 heavy (non-hydrogen) atoms. The molecule has 0 aliphatic carbocycles. The fourth-order valence-electron chi connectivity index (χ4n) is 2.57. The maximum Gasteiger partial charge on any atom is 0.365 e. The van der Waals surface area contributed by atoms with E-state index in [4.69, 9.17) is 10.2 Å². The normalized spacial score (nSPS) is 10.4. The number of nitrogen functional groups attached to an aromatic ring is 1. The van der Waals surface area contributed by atoms with Crippen molar-refractivity contribution in [3.05, 3.63) is 77.0 Å². The summed E-state index contributed by atoms with van der Waals surface area (Å²) in [5.74, 6) is 0.186. The molecule has 0 radical (unpaired) electrons. The molecule has 0 aliphatic heterocycles. The van der Waals surface area contributed by atoms with Crippen LogP contribution in [0.5, 0.6) is 0 Å². The predicted octanol–water partition coefficient (Wildman–Crippen LogP) is 2.23. The standard InChI is InChI=1S/C18H14N6O2.Ar.H2/c19-17-22-21-14(26-17)11-24-18(25)20-15(12-7-3-1-4-8-12)16(23-24)13-9-5-2-6-10-13;;/h1-10H,11H2,(H2,19,22);;1H. The average molecular weight is 388 g/mol. The first-order valence-corrected chi connectivity index (χ1v) is 7.88. The van der Waals surface area contributed by atoms with Gasteiger partial charge in [0.15, 0.2) is 0 Å². The molecular formula is C18H16ArN6O2. The van der Waals surface area contributed by atoms with E-state index in [1.54, 1.807) is 0 Å². The molecule has 0 saturated heterocycles. The summed E-state index contributed by atoms with van der Waals surface area (Å²) in [6, 6.07) is 18.9. The molecule has 4 rings (SSSR count). The number of hydrogen-bond acceptors (Lipinski definition) is 7. The number of aromatic nitrogens is 5. The van der Waals surface area contributed by atoms with Crippen LogP contribution in [0.4, 0.5) is 6.01 Å². The van der Waals surface area contributed by atoms with Crippen molar-refractivity contribution in [3.8, 4) is 22.5 Å². The minimum absolute atomic E-state index is 0. The number of rotatable bonds is 4. The Balaban J connectivity index is 0.00000140. The van der Waals surface area contributed by atoms with Gasteiger partial charge in [0, 0.05) is 50.3 Å². The van der Waals surface area contributed by atoms with Crippen molar-refractivity contribution in [2.45, 2.75) is 6.54 Å². The summed E-state index contributed by atoms with van der Waals surface area (Å²) in [4.78, 5) is 16.7. The van der Waals surface area contributed by atoms with E-state index in [1.165, 1.54) is 4.68 Å².